The molecule has 0 radical (unpaired) electrons. The van der Waals surface area contributed by atoms with Crippen molar-refractivity contribution in [2.45, 2.75) is 32.4 Å². The Morgan fingerprint density at radius 2 is 1.82 bits per heavy atom. The molecule has 0 aliphatic heterocycles. The highest BCUT2D eigenvalue weighted by Crippen LogP contribution is 2.22. The van der Waals surface area contributed by atoms with Gasteiger partial charge in [0.1, 0.15) is 12.4 Å². The van der Waals surface area contributed by atoms with Gasteiger partial charge in [0, 0.05) is 0 Å². The quantitative estimate of drug-likeness (QED) is 0.798. The van der Waals surface area contributed by atoms with Gasteiger partial charge in [-0.15, -0.1) is 0 Å². The number of carboxylic acid groups (broad SMARTS) is 1. The second-order valence-electron chi connectivity index (χ2n) is 5.13. The van der Waals surface area contributed by atoms with E-state index < -0.39 is 6.09 Å². The maximum atomic E-state index is 10.8. The molecule has 4 nitrogen and oxygen atoms in total. The van der Waals surface area contributed by atoms with Crippen LogP contribution in [-0.2, 0) is 6.61 Å². The van der Waals surface area contributed by atoms with Gasteiger partial charge in [-0.25, -0.2) is 4.79 Å². The van der Waals surface area contributed by atoms with Crippen molar-refractivity contribution in [2.75, 3.05) is 0 Å². The smallest absolute Gasteiger partial charge is 0.405 e. The lowest BCUT2D eigenvalue weighted by atomic mass is 10.0. The lowest BCUT2D eigenvalue weighted by Crippen LogP contribution is -2.26. The third kappa shape index (κ3) is 4.81. The second-order valence-corrected chi connectivity index (χ2v) is 5.13. The summed E-state index contributed by atoms with van der Waals surface area (Å²) < 4.78 is 5.73. The van der Waals surface area contributed by atoms with Crippen molar-refractivity contribution < 1.29 is 14.6 Å². The molecular formula is C18H21NO3. The number of amides is 1. The molecule has 0 spiro atoms. The van der Waals surface area contributed by atoms with Crippen LogP contribution in [0.25, 0.3) is 0 Å². The summed E-state index contributed by atoms with van der Waals surface area (Å²) in [4.78, 5) is 10.8. The van der Waals surface area contributed by atoms with E-state index in [1.54, 1.807) is 0 Å². The zero-order valence-corrected chi connectivity index (χ0v) is 12.7. The van der Waals surface area contributed by atoms with Crippen LogP contribution in [-0.4, -0.2) is 11.2 Å². The third-order valence-electron chi connectivity index (χ3n) is 3.41. The average Bonchev–Trinajstić information content (AvgIpc) is 2.54. The number of rotatable bonds is 7. The van der Waals surface area contributed by atoms with Crippen LogP contribution >= 0.6 is 0 Å². The van der Waals surface area contributed by atoms with Gasteiger partial charge < -0.3 is 15.2 Å². The van der Waals surface area contributed by atoms with Crippen molar-refractivity contribution >= 4 is 6.09 Å². The first-order chi connectivity index (χ1) is 10.7. The number of hydrogen-bond donors (Lipinski definition) is 2. The lowest BCUT2D eigenvalue weighted by Gasteiger charge is -2.17. The van der Waals surface area contributed by atoms with Gasteiger partial charge in [-0.1, -0.05) is 55.8 Å². The zero-order chi connectivity index (χ0) is 15.8. The Balaban J connectivity index is 1.97. The Kier molecular flexibility index (Phi) is 5.83. The molecule has 1 unspecified atom stereocenters. The Hall–Kier alpha value is -2.49. The Bertz CT molecular complexity index is 581. The standard InChI is InChI=1S/C18H21NO3/c1-2-6-17(19-18(20)21)15-9-11-16(12-10-15)22-13-14-7-4-3-5-8-14/h3-5,7-12,17,19H,2,6,13H2,1H3,(H,20,21). The summed E-state index contributed by atoms with van der Waals surface area (Å²) in [5, 5.41) is 11.5. The molecule has 0 saturated carbocycles. The Morgan fingerprint density at radius 1 is 1.14 bits per heavy atom. The second kappa shape index (κ2) is 8.08. The number of hydrogen-bond acceptors (Lipinski definition) is 2. The zero-order valence-electron chi connectivity index (χ0n) is 12.7. The molecule has 0 aliphatic rings. The van der Waals surface area contributed by atoms with Crippen LogP contribution in [0.4, 0.5) is 4.79 Å². The number of carbonyl (C=O) groups is 1. The van der Waals surface area contributed by atoms with Gasteiger partial charge in [0.15, 0.2) is 0 Å². The van der Waals surface area contributed by atoms with Crippen molar-refractivity contribution in [3.63, 3.8) is 0 Å². The maximum Gasteiger partial charge on any atom is 0.405 e. The van der Waals surface area contributed by atoms with Crippen LogP contribution < -0.4 is 10.1 Å². The van der Waals surface area contributed by atoms with E-state index in [9.17, 15) is 4.79 Å². The molecule has 4 heteroatoms. The lowest BCUT2D eigenvalue weighted by molar-refractivity contribution is 0.189. The van der Waals surface area contributed by atoms with Gasteiger partial charge in [-0.2, -0.15) is 0 Å². The van der Waals surface area contributed by atoms with E-state index in [4.69, 9.17) is 9.84 Å². The van der Waals surface area contributed by atoms with Crippen molar-refractivity contribution in [1.29, 1.82) is 0 Å². The van der Waals surface area contributed by atoms with Gasteiger partial charge in [0.05, 0.1) is 6.04 Å². The normalized spacial score (nSPS) is 11.7. The molecule has 1 atom stereocenters. The third-order valence-corrected chi connectivity index (χ3v) is 3.41. The van der Waals surface area contributed by atoms with Crippen molar-refractivity contribution in [3.05, 3.63) is 65.7 Å². The minimum absolute atomic E-state index is 0.175. The van der Waals surface area contributed by atoms with Gasteiger partial charge in [0.2, 0.25) is 0 Å². The predicted molar refractivity (Wildman–Crippen MR) is 86.0 cm³/mol. The highest BCUT2D eigenvalue weighted by molar-refractivity contribution is 5.65. The van der Waals surface area contributed by atoms with Crippen LogP contribution in [0.3, 0.4) is 0 Å². The van der Waals surface area contributed by atoms with Crippen molar-refractivity contribution in [1.82, 2.24) is 5.32 Å². The highest BCUT2D eigenvalue weighted by Gasteiger charge is 2.12. The number of ether oxygens (including phenoxy) is 1. The van der Waals surface area contributed by atoms with E-state index in [0.717, 1.165) is 29.7 Å². The fraction of sp³-hybridized carbons (Fsp3) is 0.278. The van der Waals surface area contributed by atoms with Gasteiger partial charge in [0.25, 0.3) is 0 Å². The first kappa shape index (κ1) is 15.9. The average molecular weight is 299 g/mol. The molecule has 0 aliphatic carbocycles. The Labute approximate surface area is 130 Å². The number of benzene rings is 2. The molecule has 0 fully saturated rings. The molecular weight excluding hydrogens is 278 g/mol. The first-order valence-corrected chi connectivity index (χ1v) is 7.45. The SMILES string of the molecule is CCCC(NC(=O)O)c1ccc(OCc2ccccc2)cc1. The summed E-state index contributed by atoms with van der Waals surface area (Å²) in [5.41, 5.74) is 2.07. The fourth-order valence-corrected chi connectivity index (χ4v) is 2.30. The molecule has 2 aromatic carbocycles. The largest absolute Gasteiger partial charge is 0.489 e. The van der Waals surface area contributed by atoms with Crippen molar-refractivity contribution in [3.8, 4) is 5.75 Å². The molecule has 0 aromatic heterocycles. The van der Waals surface area contributed by atoms with Crippen LogP contribution in [0.5, 0.6) is 5.75 Å². The molecule has 0 bridgehead atoms. The highest BCUT2D eigenvalue weighted by atomic mass is 16.5. The molecule has 2 N–H and O–H groups in total. The van der Waals surface area contributed by atoms with Crippen LogP contribution in [0.2, 0.25) is 0 Å². The molecule has 2 rings (SSSR count). The van der Waals surface area contributed by atoms with Crippen LogP contribution in [0, 0.1) is 0 Å². The summed E-state index contributed by atoms with van der Waals surface area (Å²) >= 11 is 0. The van der Waals surface area contributed by atoms with E-state index in [1.807, 2.05) is 61.5 Å². The summed E-state index contributed by atoms with van der Waals surface area (Å²) in [7, 11) is 0. The Morgan fingerprint density at radius 3 is 2.41 bits per heavy atom. The van der Waals surface area contributed by atoms with Crippen molar-refractivity contribution in [2.24, 2.45) is 0 Å². The molecule has 116 valence electrons. The van der Waals surface area contributed by atoms with E-state index in [0.29, 0.717) is 6.61 Å². The van der Waals surface area contributed by atoms with E-state index in [1.165, 1.54) is 0 Å². The first-order valence-electron chi connectivity index (χ1n) is 7.45. The van der Waals surface area contributed by atoms with Gasteiger partial charge in [-0.3, -0.25) is 0 Å². The summed E-state index contributed by atoms with van der Waals surface area (Å²) in [6.07, 6.45) is 0.691. The fourth-order valence-electron chi connectivity index (χ4n) is 2.30. The minimum atomic E-state index is -0.997. The summed E-state index contributed by atoms with van der Waals surface area (Å²) in [6, 6.07) is 17.4. The molecule has 0 heterocycles. The molecule has 2 aromatic rings. The molecule has 22 heavy (non-hydrogen) atoms. The van der Waals surface area contributed by atoms with E-state index in [-0.39, 0.29) is 6.04 Å². The van der Waals surface area contributed by atoms with Crippen LogP contribution in [0.15, 0.2) is 54.6 Å². The molecule has 0 saturated heterocycles. The number of nitrogens with one attached hydrogen (secondary N) is 1. The van der Waals surface area contributed by atoms with E-state index >= 15 is 0 Å². The van der Waals surface area contributed by atoms with Gasteiger partial charge >= 0.3 is 6.09 Å². The topological polar surface area (TPSA) is 58.6 Å². The maximum absolute atomic E-state index is 10.8. The van der Waals surface area contributed by atoms with E-state index in [2.05, 4.69) is 5.32 Å². The van der Waals surface area contributed by atoms with Crippen LogP contribution in [0.1, 0.15) is 36.9 Å². The monoisotopic (exact) mass is 299 g/mol. The minimum Gasteiger partial charge on any atom is -0.489 e. The molecule has 1 amide bonds. The predicted octanol–water partition coefficient (Wildman–Crippen LogP) is 4.37. The summed E-state index contributed by atoms with van der Waals surface area (Å²) in [5.74, 6) is 0.776. The summed E-state index contributed by atoms with van der Waals surface area (Å²) in [6.45, 7) is 2.56. The van der Waals surface area contributed by atoms with Gasteiger partial charge in [-0.05, 0) is 29.7 Å².